The topological polar surface area (TPSA) is 41.1 Å². The van der Waals surface area contributed by atoms with Gasteiger partial charge in [-0.15, -0.1) is 0 Å². The third kappa shape index (κ3) is 7.37. The summed E-state index contributed by atoms with van der Waals surface area (Å²) in [6, 6.07) is 0.216. The zero-order valence-corrected chi connectivity index (χ0v) is 10.6. The SMILES string of the molecule is CCCCNC(C)C(=O)NC(C)CCC. The van der Waals surface area contributed by atoms with Crippen LogP contribution in [0.2, 0.25) is 0 Å². The van der Waals surface area contributed by atoms with Gasteiger partial charge >= 0.3 is 0 Å². The van der Waals surface area contributed by atoms with Crippen molar-refractivity contribution in [2.24, 2.45) is 0 Å². The molecule has 0 aliphatic carbocycles. The second kappa shape index (κ2) is 8.72. The van der Waals surface area contributed by atoms with E-state index in [2.05, 4.69) is 31.4 Å². The fourth-order valence-corrected chi connectivity index (χ4v) is 1.46. The molecule has 0 aliphatic rings. The van der Waals surface area contributed by atoms with Gasteiger partial charge in [-0.05, 0) is 33.2 Å². The molecule has 0 spiro atoms. The number of carbonyl (C=O) groups is 1. The number of nitrogens with one attached hydrogen (secondary N) is 2. The van der Waals surface area contributed by atoms with E-state index in [0.29, 0.717) is 0 Å². The van der Waals surface area contributed by atoms with Crippen LogP contribution in [0.4, 0.5) is 0 Å². The average molecular weight is 214 g/mol. The summed E-state index contributed by atoms with van der Waals surface area (Å²) in [4.78, 5) is 11.6. The third-order valence-electron chi connectivity index (χ3n) is 2.48. The molecule has 15 heavy (non-hydrogen) atoms. The van der Waals surface area contributed by atoms with Gasteiger partial charge in [0.15, 0.2) is 0 Å². The first-order chi connectivity index (χ1) is 7.11. The van der Waals surface area contributed by atoms with E-state index in [1.807, 2.05) is 6.92 Å². The summed E-state index contributed by atoms with van der Waals surface area (Å²) < 4.78 is 0. The van der Waals surface area contributed by atoms with E-state index >= 15 is 0 Å². The van der Waals surface area contributed by atoms with Crippen LogP contribution in [0.1, 0.15) is 53.4 Å². The van der Waals surface area contributed by atoms with E-state index in [4.69, 9.17) is 0 Å². The summed E-state index contributed by atoms with van der Waals surface area (Å²) in [5.74, 6) is 0.118. The van der Waals surface area contributed by atoms with Gasteiger partial charge in [-0.2, -0.15) is 0 Å². The van der Waals surface area contributed by atoms with Crippen LogP contribution < -0.4 is 10.6 Å². The van der Waals surface area contributed by atoms with Gasteiger partial charge in [0.2, 0.25) is 5.91 Å². The molecule has 3 nitrogen and oxygen atoms in total. The Morgan fingerprint density at radius 2 is 1.87 bits per heavy atom. The number of unbranched alkanes of at least 4 members (excludes halogenated alkanes) is 1. The Labute approximate surface area is 94.0 Å². The monoisotopic (exact) mass is 214 g/mol. The van der Waals surface area contributed by atoms with Crippen molar-refractivity contribution < 1.29 is 4.79 Å². The van der Waals surface area contributed by atoms with Gasteiger partial charge in [-0.1, -0.05) is 26.7 Å². The van der Waals surface area contributed by atoms with E-state index in [0.717, 1.165) is 32.2 Å². The Kier molecular flexibility index (Phi) is 8.38. The maximum absolute atomic E-state index is 11.6. The van der Waals surface area contributed by atoms with Crippen LogP contribution in [-0.4, -0.2) is 24.5 Å². The van der Waals surface area contributed by atoms with Crippen LogP contribution >= 0.6 is 0 Å². The Morgan fingerprint density at radius 3 is 2.40 bits per heavy atom. The number of amides is 1. The molecule has 0 saturated carbocycles. The lowest BCUT2D eigenvalue weighted by molar-refractivity contribution is -0.123. The lowest BCUT2D eigenvalue weighted by Crippen LogP contribution is -2.45. The number of carbonyl (C=O) groups excluding carboxylic acids is 1. The van der Waals surface area contributed by atoms with Crippen LogP contribution in [0.5, 0.6) is 0 Å². The summed E-state index contributed by atoms with van der Waals surface area (Å²) in [5.41, 5.74) is 0. The molecule has 0 radical (unpaired) electrons. The molecule has 0 aromatic carbocycles. The summed E-state index contributed by atoms with van der Waals surface area (Å²) in [5, 5.41) is 6.22. The van der Waals surface area contributed by atoms with Crippen molar-refractivity contribution in [3.63, 3.8) is 0 Å². The second-order valence-corrected chi connectivity index (χ2v) is 4.23. The van der Waals surface area contributed by atoms with Crippen molar-refractivity contribution in [1.29, 1.82) is 0 Å². The third-order valence-corrected chi connectivity index (χ3v) is 2.48. The first kappa shape index (κ1) is 14.4. The molecular formula is C12H26N2O. The molecule has 0 rings (SSSR count). The van der Waals surface area contributed by atoms with Crippen LogP contribution in [0.15, 0.2) is 0 Å². The van der Waals surface area contributed by atoms with Crippen LogP contribution in [-0.2, 0) is 4.79 Å². The normalized spacial score (nSPS) is 14.7. The molecule has 2 N–H and O–H groups in total. The Morgan fingerprint density at radius 1 is 1.20 bits per heavy atom. The van der Waals surface area contributed by atoms with Crippen molar-refractivity contribution in [3.8, 4) is 0 Å². The standard InChI is InChI=1S/C12H26N2O/c1-5-7-9-13-11(4)12(15)14-10(3)8-6-2/h10-11,13H,5-9H2,1-4H3,(H,14,15). The molecule has 0 aliphatic heterocycles. The second-order valence-electron chi connectivity index (χ2n) is 4.23. The summed E-state index contributed by atoms with van der Waals surface area (Å²) in [7, 11) is 0. The Balaban J connectivity index is 3.68. The first-order valence-corrected chi connectivity index (χ1v) is 6.15. The molecule has 90 valence electrons. The van der Waals surface area contributed by atoms with Gasteiger partial charge in [0.25, 0.3) is 0 Å². The highest BCUT2D eigenvalue weighted by Crippen LogP contribution is 1.95. The smallest absolute Gasteiger partial charge is 0.237 e. The molecule has 2 unspecified atom stereocenters. The van der Waals surface area contributed by atoms with Crippen molar-refractivity contribution in [1.82, 2.24) is 10.6 Å². The maximum Gasteiger partial charge on any atom is 0.237 e. The van der Waals surface area contributed by atoms with Crippen molar-refractivity contribution in [3.05, 3.63) is 0 Å². The van der Waals surface area contributed by atoms with Crippen molar-refractivity contribution >= 4 is 5.91 Å². The lowest BCUT2D eigenvalue weighted by atomic mass is 10.2. The average Bonchev–Trinajstić information content (AvgIpc) is 2.18. The molecule has 0 aromatic heterocycles. The van der Waals surface area contributed by atoms with Gasteiger partial charge in [0, 0.05) is 6.04 Å². The molecule has 1 amide bonds. The fraction of sp³-hybridized carbons (Fsp3) is 0.917. The van der Waals surface area contributed by atoms with E-state index < -0.39 is 0 Å². The summed E-state index contributed by atoms with van der Waals surface area (Å²) >= 11 is 0. The quantitative estimate of drug-likeness (QED) is 0.607. The van der Waals surface area contributed by atoms with Crippen LogP contribution in [0.25, 0.3) is 0 Å². The molecule has 0 fully saturated rings. The number of hydrogen-bond donors (Lipinski definition) is 2. The minimum absolute atomic E-state index is 0.0733. The zero-order valence-electron chi connectivity index (χ0n) is 10.6. The highest BCUT2D eigenvalue weighted by Gasteiger charge is 2.13. The van der Waals surface area contributed by atoms with Gasteiger partial charge in [-0.25, -0.2) is 0 Å². The predicted molar refractivity (Wildman–Crippen MR) is 64.9 cm³/mol. The van der Waals surface area contributed by atoms with E-state index in [1.165, 1.54) is 0 Å². The van der Waals surface area contributed by atoms with E-state index in [9.17, 15) is 4.79 Å². The maximum atomic E-state index is 11.6. The fourth-order valence-electron chi connectivity index (χ4n) is 1.46. The molecule has 2 atom stereocenters. The van der Waals surface area contributed by atoms with Crippen LogP contribution in [0.3, 0.4) is 0 Å². The van der Waals surface area contributed by atoms with Gasteiger partial charge < -0.3 is 10.6 Å². The Hall–Kier alpha value is -0.570. The minimum atomic E-state index is -0.0733. The first-order valence-electron chi connectivity index (χ1n) is 6.15. The highest BCUT2D eigenvalue weighted by molar-refractivity contribution is 5.81. The molecule has 0 bridgehead atoms. The van der Waals surface area contributed by atoms with Crippen molar-refractivity contribution in [2.75, 3.05) is 6.54 Å². The number of hydrogen-bond acceptors (Lipinski definition) is 2. The van der Waals surface area contributed by atoms with E-state index in [1.54, 1.807) is 0 Å². The molecule has 0 aromatic rings. The van der Waals surface area contributed by atoms with Crippen molar-refractivity contribution in [2.45, 2.75) is 65.5 Å². The number of rotatable bonds is 8. The molecule has 0 heterocycles. The highest BCUT2D eigenvalue weighted by atomic mass is 16.2. The largest absolute Gasteiger partial charge is 0.352 e. The van der Waals surface area contributed by atoms with E-state index in [-0.39, 0.29) is 18.0 Å². The lowest BCUT2D eigenvalue weighted by Gasteiger charge is -2.17. The minimum Gasteiger partial charge on any atom is -0.352 e. The van der Waals surface area contributed by atoms with Gasteiger partial charge in [0.1, 0.15) is 0 Å². The predicted octanol–water partition coefficient (Wildman–Crippen LogP) is 2.07. The molecule has 0 saturated heterocycles. The Bertz CT molecular complexity index is 171. The molecular weight excluding hydrogens is 188 g/mol. The zero-order chi connectivity index (χ0) is 11.7. The van der Waals surface area contributed by atoms with Gasteiger partial charge in [-0.3, -0.25) is 4.79 Å². The van der Waals surface area contributed by atoms with Crippen LogP contribution in [0, 0.1) is 0 Å². The summed E-state index contributed by atoms with van der Waals surface area (Å²) in [6.45, 7) is 9.18. The van der Waals surface area contributed by atoms with Gasteiger partial charge in [0.05, 0.1) is 6.04 Å². The molecule has 3 heteroatoms. The summed E-state index contributed by atoms with van der Waals surface area (Å²) in [6.07, 6.45) is 4.45.